The Balaban J connectivity index is 2.11. The van der Waals surface area contributed by atoms with Gasteiger partial charge in [0.05, 0.1) is 5.54 Å². The Morgan fingerprint density at radius 2 is 0.958 bits per heavy atom. The summed E-state index contributed by atoms with van der Waals surface area (Å²) in [6.45, 7) is 10.8. The van der Waals surface area contributed by atoms with Gasteiger partial charge in [-0.2, -0.15) is 0 Å². The molecule has 2 aromatic carbocycles. The Kier molecular flexibility index (Phi) is 4.71. The maximum Gasteiger partial charge on any atom is 0.329 e. The zero-order valence-corrected chi connectivity index (χ0v) is 18.1. The Morgan fingerprint density at radius 1 is 0.583 bits per heavy atom. The van der Waals surface area contributed by atoms with Crippen molar-refractivity contribution in [2.24, 2.45) is 0 Å². The highest BCUT2D eigenvalue weighted by atomic mass is 28.5. The molecule has 0 atom stereocenters. The Labute approximate surface area is 148 Å². The van der Waals surface area contributed by atoms with Crippen LogP contribution in [0, 0.1) is 0 Å². The van der Waals surface area contributed by atoms with Crippen LogP contribution in [0.1, 0.15) is 16.7 Å². The molecule has 0 saturated carbocycles. The minimum atomic E-state index is -2.52. The molecule has 1 aliphatic rings. The standard InChI is InChI=1S/C18H26O3Si3/c1-22(2)19-23(3,4)21-24(5,20-22)18(16-12-8-6-9-13-16)17-14-10-7-11-15-17/h6-15,18H,1-5H3. The highest BCUT2D eigenvalue weighted by Crippen LogP contribution is 2.42. The molecule has 128 valence electrons. The van der Waals surface area contributed by atoms with Crippen LogP contribution in [-0.4, -0.2) is 25.7 Å². The van der Waals surface area contributed by atoms with Crippen molar-refractivity contribution in [3.63, 3.8) is 0 Å². The second kappa shape index (κ2) is 6.36. The maximum absolute atomic E-state index is 6.64. The van der Waals surface area contributed by atoms with Crippen molar-refractivity contribution in [1.29, 1.82) is 0 Å². The SMILES string of the molecule is C[Si]1(C)O[Si](C)(C)O[Si](C)(C(c2ccccc2)c2ccccc2)O1. The van der Waals surface area contributed by atoms with Gasteiger partial charge in [-0.25, -0.2) is 0 Å². The number of hydrogen-bond acceptors (Lipinski definition) is 3. The quantitative estimate of drug-likeness (QED) is 0.715. The van der Waals surface area contributed by atoms with Crippen molar-refractivity contribution in [2.75, 3.05) is 0 Å². The molecule has 0 amide bonds. The molecule has 3 rings (SSSR count). The lowest BCUT2D eigenvalue weighted by molar-refractivity contribution is 0.227. The van der Waals surface area contributed by atoms with Gasteiger partial charge in [-0.1, -0.05) is 60.7 Å². The van der Waals surface area contributed by atoms with Gasteiger partial charge in [-0.05, 0) is 43.9 Å². The lowest BCUT2D eigenvalue weighted by Crippen LogP contribution is -2.67. The topological polar surface area (TPSA) is 27.7 Å². The fourth-order valence-corrected chi connectivity index (χ4v) is 20.5. The zero-order chi connectivity index (χ0) is 17.4. The van der Waals surface area contributed by atoms with E-state index in [0.29, 0.717) is 0 Å². The summed E-state index contributed by atoms with van der Waals surface area (Å²) >= 11 is 0. The molecule has 0 N–H and O–H groups in total. The van der Waals surface area contributed by atoms with E-state index < -0.39 is 25.7 Å². The van der Waals surface area contributed by atoms with Crippen LogP contribution >= 0.6 is 0 Å². The van der Waals surface area contributed by atoms with Crippen LogP contribution in [-0.2, 0) is 12.3 Å². The second-order valence-corrected chi connectivity index (χ2v) is 18.0. The largest absolute Gasteiger partial charge is 0.416 e. The van der Waals surface area contributed by atoms with Crippen LogP contribution < -0.4 is 0 Å². The van der Waals surface area contributed by atoms with Crippen LogP contribution in [0.4, 0.5) is 0 Å². The number of rotatable bonds is 3. The molecule has 0 unspecified atom stereocenters. The molecular weight excluding hydrogens is 348 g/mol. The third-order valence-corrected chi connectivity index (χ3v) is 17.0. The van der Waals surface area contributed by atoms with Crippen LogP contribution in [0.25, 0.3) is 0 Å². The molecule has 6 heteroatoms. The Morgan fingerprint density at radius 3 is 1.33 bits per heavy atom. The molecule has 3 nitrogen and oxygen atoms in total. The fourth-order valence-electron chi connectivity index (χ4n) is 3.84. The van der Waals surface area contributed by atoms with E-state index in [1.54, 1.807) is 0 Å². The molecule has 24 heavy (non-hydrogen) atoms. The van der Waals surface area contributed by atoms with Gasteiger partial charge < -0.3 is 12.3 Å². The normalized spacial score (nSPS) is 21.6. The highest BCUT2D eigenvalue weighted by molar-refractivity contribution is 6.93. The Bertz CT molecular complexity index is 634. The first-order chi connectivity index (χ1) is 11.2. The molecule has 0 radical (unpaired) electrons. The van der Waals surface area contributed by atoms with E-state index >= 15 is 0 Å². The predicted octanol–water partition coefficient (Wildman–Crippen LogP) is 4.90. The summed E-state index contributed by atoms with van der Waals surface area (Å²) in [5.41, 5.74) is 2.66. The van der Waals surface area contributed by atoms with Gasteiger partial charge in [0.15, 0.2) is 0 Å². The summed E-state index contributed by atoms with van der Waals surface area (Å²) in [5, 5.41) is 0. The van der Waals surface area contributed by atoms with E-state index in [1.165, 1.54) is 11.1 Å². The zero-order valence-electron chi connectivity index (χ0n) is 15.1. The van der Waals surface area contributed by atoms with Crippen molar-refractivity contribution < 1.29 is 12.3 Å². The molecule has 0 spiro atoms. The van der Waals surface area contributed by atoms with Crippen LogP contribution in [0.15, 0.2) is 60.7 Å². The van der Waals surface area contributed by atoms with Gasteiger partial charge in [0.1, 0.15) is 0 Å². The van der Waals surface area contributed by atoms with Gasteiger partial charge in [-0.3, -0.25) is 0 Å². The van der Waals surface area contributed by atoms with Crippen molar-refractivity contribution in [2.45, 2.75) is 38.3 Å². The average Bonchev–Trinajstić information content (AvgIpc) is 2.45. The van der Waals surface area contributed by atoms with E-state index in [-0.39, 0.29) is 5.54 Å². The van der Waals surface area contributed by atoms with Crippen LogP contribution in [0.3, 0.4) is 0 Å². The highest BCUT2D eigenvalue weighted by Gasteiger charge is 2.56. The van der Waals surface area contributed by atoms with Crippen molar-refractivity contribution in [3.05, 3.63) is 71.8 Å². The lowest BCUT2D eigenvalue weighted by Gasteiger charge is -2.50. The summed E-state index contributed by atoms with van der Waals surface area (Å²) < 4.78 is 19.5. The monoisotopic (exact) mass is 374 g/mol. The van der Waals surface area contributed by atoms with Crippen molar-refractivity contribution >= 4 is 25.7 Å². The van der Waals surface area contributed by atoms with E-state index in [1.807, 2.05) is 0 Å². The van der Waals surface area contributed by atoms with Gasteiger partial charge >= 0.3 is 25.7 Å². The summed E-state index contributed by atoms with van der Waals surface area (Å²) in [6, 6.07) is 21.2. The molecule has 1 heterocycles. The van der Waals surface area contributed by atoms with Crippen LogP contribution in [0.5, 0.6) is 0 Å². The maximum atomic E-state index is 6.64. The van der Waals surface area contributed by atoms with E-state index in [2.05, 4.69) is 93.4 Å². The first-order valence-corrected chi connectivity index (χ1v) is 16.4. The molecule has 0 aliphatic carbocycles. The molecule has 0 aromatic heterocycles. The van der Waals surface area contributed by atoms with E-state index in [0.717, 1.165) is 0 Å². The average molecular weight is 375 g/mol. The first-order valence-electron chi connectivity index (χ1n) is 8.41. The molecular formula is C18H26O3Si3. The molecule has 1 aliphatic heterocycles. The third kappa shape index (κ3) is 3.79. The first kappa shape index (κ1) is 17.8. The minimum Gasteiger partial charge on any atom is -0.416 e. The summed E-state index contributed by atoms with van der Waals surface area (Å²) in [6.07, 6.45) is 0. The van der Waals surface area contributed by atoms with E-state index in [4.69, 9.17) is 12.3 Å². The molecule has 0 bridgehead atoms. The van der Waals surface area contributed by atoms with Crippen molar-refractivity contribution in [1.82, 2.24) is 0 Å². The Hall–Kier alpha value is -1.03. The summed E-state index contributed by atoms with van der Waals surface area (Å²) in [5.74, 6) is 0. The molecule has 1 fully saturated rings. The van der Waals surface area contributed by atoms with Crippen molar-refractivity contribution in [3.8, 4) is 0 Å². The van der Waals surface area contributed by atoms with Crippen LogP contribution in [0.2, 0.25) is 32.7 Å². The van der Waals surface area contributed by atoms with E-state index in [9.17, 15) is 0 Å². The second-order valence-electron chi connectivity index (χ2n) is 7.38. The molecule has 1 saturated heterocycles. The number of benzene rings is 2. The van der Waals surface area contributed by atoms with Gasteiger partial charge in [0, 0.05) is 0 Å². The van der Waals surface area contributed by atoms with Gasteiger partial charge in [0.2, 0.25) is 0 Å². The molecule has 2 aromatic rings. The minimum absolute atomic E-state index is 0.141. The van der Waals surface area contributed by atoms with Gasteiger partial charge in [-0.15, -0.1) is 0 Å². The predicted molar refractivity (Wildman–Crippen MR) is 105 cm³/mol. The summed E-state index contributed by atoms with van der Waals surface area (Å²) in [4.78, 5) is 0. The smallest absolute Gasteiger partial charge is 0.329 e. The summed E-state index contributed by atoms with van der Waals surface area (Å²) in [7, 11) is -6.90. The third-order valence-electron chi connectivity index (χ3n) is 4.18. The number of hydrogen-bond donors (Lipinski definition) is 0. The lowest BCUT2D eigenvalue weighted by atomic mass is 10.0. The van der Waals surface area contributed by atoms with Gasteiger partial charge in [0.25, 0.3) is 0 Å². The fraction of sp³-hybridized carbons (Fsp3) is 0.333.